The molecule has 140 valence electrons. The van der Waals surface area contributed by atoms with Crippen molar-refractivity contribution < 1.29 is 22.7 Å². The number of hydrogen-bond donors (Lipinski definition) is 1. The molecule has 27 heavy (non-hydrogen) atoms. The minimum absolute atomic E-state index is 0.119. The predicted molar refractivity (Wildman–Crippen MR) is 99.7 cm³/mol. The molecule has 0 heterocycles. The molecule has 0 aliphatic heterocycles. The Bertz CT molecular complexity index is 974. The Morgan fingerprint density at radius 1 is 1.11 bits per heavy atom. The van der Waals surface area contributed by atoms with E-state index in [0.29, 0.717) is 16.8 Å². The molecular weight excluding hydrogens is 368 g/mol. The molecule has 0 bridgehead atoms. The summed E-state index contributed by atoms with van der Waals surface area (Å²) < 4.78 is 27.7. The molecule has 1 N–H and O–H groups in total. The molecule has 7 nitrogen and oxygen atoms in total. The lowest BCUT2D eigenvalue weighted by atomic mass is 10.1. The minimum atomic E-state index is -3.16. The number of nitriles is 1. The zero-order valence-corrected chi connectivity index (χ0v) is 15.6. The van der Waals surface area contributed by atoms with Gasteiger partial charge in [-0.1, -0.05) is 12.1 Å². The van der Waals surface area contributed by atoms with Gasteiger partial charge in [0.05, 0.1) is 22.9 Å². The summed E-state index contributed by atoms with van der Waals surface area (Å²) in [6.45, 7) is 1.44. The number of carbonyl (C=O) groups excluding carboxylic acids is 2. The van der Waals surface area contributed by atoms with E-state index in [-0.39, 0.29) is 11.3 Å². The van der Waals surface area contributed by atoms with Crippen molar-refractivity contribution in [1.29, 1.82) is 5.26 Å². The summed E-state index contributed by atoms with van der Waals surface area (Å²) in [7, 11) is -3.16. The quantitative estimate of drug-likeness (QED) is 0.762. The van der Waals surface area contributed by atoms with Gasteiger partial charge in [0.15, 0.2) is 15.9 Å². The molecule has 2 aromatic rings. The maximum atomic E-state index is 12.1. The lowest BCUT2D eigenvalue weighted by Crippen LogP contribution is -2.30. The molecule has 0 spiro atoms. The molecule has 1 amide bonds. The van der Waals surface area contributed by atoms with Crippen molar-refractivity contribution in [3.63, 3.8) is 0 Å². The zero-order chi connectivity index (χ0) is 20.0. The molecule has 0 unspecified atom stereocenters. The number of hydrogen-bond acceptors (Lipinski definition) is 6. The van der Waals surface area contributed by atoms with E-state index in [1.54, 1.807) is 24.3 Å². The molecular formula is C19H18N2O5S. The number of nitrogens with one attached hydrogen (secondary N) is 1. The number of benzene rings is 2. The molecule has 0 aliphatic carbocycles. The monoisotopic (exact) mass is 386 g/mol. The van der Waals surface area contributed by atoms with E-state index in [1.165, 1.54) is 31.2 Å². The average Bonchev–Trinajstić information content (AvgIpc) is 2.61. The molecule has 0 aromatic heterocycles. The van der Waals surface area contributed by atoms with Crippen LogP contribution in [0.3, 0.4) is 0 Å². The highest BCUT2D eigenvalue weighted by Gasteiger charge is 2.19. The Labute approximate surface area is 157 Å². The van der Waals surface area contributed by atoms with Crippen LogP contribution in [0.25, 0.3) is 0 Å². The van der Waals surface area contributed by atoms with Gasteiger partial charge in [0, 0.05) is 11.9 Å². The van der Waals surface area contributed by atoms with Crippen molar-refractivity contribution in [1.82, 2.24) is 0 Å². The summed E-state index contributed by atoms with van der Waals surface area (Å²) >= 11 is 0. The largest absolute Gasteiger partial charge is 0.449 e. The van der Waals surface area contributed by atoms with Crippen LogP contribution in [-0.2, 0) is 25.1 Å². The summed E-state index contributed by atoms with van der Waals surface area (Å²) in [6, 6.07) is 14.2. The van der Waals surface area contributed by atoms with Crippen LogP contribution < -0.4 is 5.32 Å². The Hall–Kier alpha value is -3.18. The Morgan fingerprint density at radius 2 is 1.70 bits per heavy atom. The van der Waals surface area contributed by atoms with E-state index < -0.39 is 27.8 Å². The summed E-state index contributed by atoms with van der Waals surface area (Å²) in [4.78, 5) is 24.3. The number of nitrogens with zero attached hydrogens (tertiary/aromatic N) is 1. The Kier molecular flexibility index (Phi) is 6.32. The summed E-state index contributed by atoms with van der Waals surface area (Å²) in [5.41, 5.74) is 1.71. The number of ether oxygens (including phenoxy) is 1. The van der Waals surface area contributed by atoms with Crippen molar-refractivity contribution in [2.24, 2.45) is 0 Å². The first kappa shape index (κ1) is 20.1. The number of sulfone groups is 1. The third-order valence-electron chi connectivity index (χ3n) is 3.55. The number of esters is 1. The fourth-order valence-electron chi connectivity index (χ4n) is 2.19. The van der Waals surface area contributed by atoms with Crippen LogP contribution in [0, 0.1) is 11.3 Å². The van der Waals surface area contributed by atoms with E-state index in [2.05, 4.69) is 5.32 Å². The van der Waals surface area contributed by atoms with Crippen LogP contribution in [0.15, 0.2) is 48.5 Å². The fraction of sp³-hybridized carbons (Fsp3) is 0.211. The summed E-state index contributed by atoms with van der Waals surface area (Å²) in [5, 5.41) is 11.3. The molecule has 1 atom stereocenters. The second-order valence-corrected chi connectivity index (χ2v) is 8.13. The molecule has 0 aliphatic rings. The Balaban J connectivity index is 1.95. The maximum absolute atomic E-state index is 12.1. The third kappa shape index (κ3) is 6.24. The smallest absolute Gasteiger partial charge is 0.338 e. The van der Waals surface area contributed by atoms with Gasteiger partial charge in [-0.15, -0.1) is 0 Å². The van der Waals surface area contributed by atoms with Gasteiger partial charge >= 0.3 is 5.97 Å². The third-order valence-corrected chi connectivity index (χ3v) is 4.41. The van der Waals surface area contributed by atoms with Gasteiger partial charge in [0.25, 0.3) is 5.91 Å². The first-order chi connectivity index (χ1) is 12.7. The van der Waals surface area contributed by atoms with E-state index >= 15 is 0 Å². The zero-order valence-electron chi connectivity index (χ0n) is 14.8. The van der Waals surface area contributed by atoms with E-state index in [1.807, 2.05) is 6.07 Å². The van der Waals surface area contributed by atoms with Crippen molar-refractivity contribution in [2.75, 3.05) is 11.6 Å². The van der Waals surface area contributed by atoms with Crippen molar-refractivity contribution in [3.05, 3.63) is 65.2 Å². The highest BCUT2D eigenvalue weighted by Crippen LogP contribution is 2.12. The van der Waals surface area contributed by atoms with Crippen LogP contribution in [0.4, 0.5) is 5.69 Å². The fourth-order valence-corrected chi connectivity index (χ4v) is 2.99. The molecule has 0 fully saturated rings. The number of anilines is 1. The van der Waals surface area contributed by atoms with Crippen LogP contribution >= 0.6 is 0 Å². The average molecular weight is 386 g/mol. The highest BCUT2D eigenvalue weighted by atomic mass is 32.2. The maximum Gasteiger partial charge on any atom is 0.338 e. The Morgan fingerprint density at radius 3 is 2.22 bits per heavy atom. The van der Waals surface area contributed by atoms with E-state index in [4.69, 9.17) is 10.00 Å². The first-order valence-corrected chi connectivity index (χ1v) is 10.0. The lowest BCUT2D eigenvalue weighted by Gasteiger charge is -2.13. The van der Waals surface area contributed by atoms with Gasteiger partial charge in [-0.3, -0.25) is 4.79 Å². The van der Waals surface area contributed by atoms with E-state index in [9.17, 15) is 18.0 Å². The van der Waals surface area contributed by atoms with Crippen molar-refractivity contribution in [2.45, 2.75) is 18.8 Å². The van der Waals surface area contributed by atoms with Crippen molar-refractivity contribution >= 4 is 27.4 Å². The van der Waals surface area contributed by atoms with Gasteiger partial charge in [-0.2, -0.15) is 5.26 Å². The second-order valence-electron chi connectivity index (χ2n) is 5.99. The minimum Gasteiger partial charge on any atom is -0.449 e. The highest BCUT2D eigenvalue weighted by molar-refractivity contribution is 7.89. The summed E-state index contributed by atoms with van der Waals surface area (Å²) in [6.07, 6.45) is 0.0902. The lowest BCUT2D eigenvalue weighted by molar-refractivity contribution is -0.123. The molecule has 2 rings (SSSR count). The standard InChI is InChI=1S/C19H18N2O5S/c1-13(18(22)21-17-9-5-14(11-20)6-10-17)26-19(23)16-7-3-15(4-8-16)12-27(2,24)25/h3-10,13H,12H2,1-2H3,(H,21,22)/t13-/m0/s1. The van der Waals surface area contributed by atoms with Crippen LogP contribution in [-0.4, -0.2) is 32.7 Å². The van der Waals surface area contributed by atoms with Gasteiger partial charge in [0.1, 0.15) is 0 Å². The molecule has 8 heteroatoms. The first-order valence-electron chi connectivity index (χ1n) is 7.96. The number of amides is 1. The van der Waals surface area contributed by atoms with Crippen LogP contribution in [0.5, 0.6) is 0 Å². The molecule has 0 radical (unpaired) electrons. The predicted octanol–water partition coefficient (Wildman–Crippen LogP) is 2.29. The molecule has 0 saturated carbocycles. The number of rotatable bonds is 6. The van der Waals surface area contributed by atoms with Crippen LogP contribution in [0.1, 0.15) is 28.4 Å². The summed E-state index contributed by atoms with van der Waals surface area (Å²) in [5.74, 6) is -1.32. The van der Waals surface area contributed by atoms with Gasteiger partial charge in [-0.05, 0) is 48.9 Å². The second kappa shape index (κ2) is 8.47. The van der Waals surface area contributed by atoms with E-state index in [0.717, 1.165) is 6.26 Å². The van der Waals surface area contributed by atoms with Gasteiger partial charge in [-0.25, -0.2) is 13.2 Å². The SMILES string of the molecule is C[C@H](OC(=O)c1ccc(CS(C)(=O)=O)cc1)C(=O)Nc1ccc(C#N)cc1. The topological polar surface area (TPSA) is 113 Å². The molecule has 0 saturated heterocycles. The van der Waals surface area contributed by atoms with Gasteiger partial charge in [0.2, 0.25) is 0 Å². The normalized spacial score (nSPS) is 11.9. The molecule has 2 aromatic carbocycles. The number of carbonyl (C=O) groups is 2. The van der Waals surface area contributed by atoms with Crippen LogP contribution in [0.2, 0.25) is 0 Å². The van der Waals surface area contributed by atoms with Crippen molar-refractivity contribution in [3.8, 4) is 6.07 Å². The van der Waals surface area contributed by atoms with Gasteiger partial charge < -0.3 is 10.1 Å².